The summed E-state index contributed by atoms with van der Waals surface area (Å²) in [6.07, 6.45) is 0. The normalized spacial score (nSPS) is 9.42. The number of nitrogens with one attached hydrogen (secondary N) is 1. The van der Waals surface area contributed by atoms with Crippen molar-refractivity contribution in [2.24, 2.45) is 5.73 Å². The minimum absolute atomic E-state index is 0.108. The standard InChI is InChI=1S/C7H7BrN2OS/c8-4-1-2-5(6(11)3-4)10-7(9)12/h1-3,11H,(H3,9,10,12). The molecule has 3 nitrogen and oxygen atoms in total. The Hall–Kier alpha value is -0.810. The monoisotopic (exact) mass is 246 g/mol. The lowest BCUT2D eigenvalue weighted by molar-refractivity contribution is 0.477. The third kappa shape index (κ3) is 2.35. The summed E-state index contributed by atoms with van der Waals surface area (Å²) in [6.45, 7) is 0. The fraction of sp³-hybridized carbons (Fsp3) is 0. The molecule has 0 fully saturated rings. The molecule has 1 aromatic carbocycles. The predicted octanol–water partition coefficient (Wildman–Crippen LogP) is 1.81. The summed E-state index contributed by atoms with van der Waals surface area (Å²) in [5, 5.41) is 12.1. The van der Waals surface area contributed by atoms with Gasteiger partial charge in [-0.15, -0.1) is 0 Å². The van der Waals surface area contributed by atoms with Crippen LogP contribution < -0.4 is 11.1 Å². The van der Waals surface area contributed by atoms with E-state index in [2.05, 4.69) is 33.5 Å². The van der Waals surface area contributed by atoms with E-state index in [-0.39, 0.29) is 10.9 Å². The molecule has 1 aromatic rings. The zero-order valence-electron chi connectivity index (χ0n) is 6.04. The number of aromatic hydroxyl groups is 1. The highest BCUT2D eigenvalue weighted by Gasteiger charge is 2.00. The van der Waals surface area contributed by atoms with Gasteiger partial charge in [0.25, 0.3) is 0 Å². The SMILES string of the molecule is NC(=S)Nc1ccc(Br)cc1O. The van der Waals surface area contributed by atoms with Crippen molar-refractivity contribution in [3.8, 4) is 5.75 Å². The number of hydrogen-bond acceptors (Lipinski definition) is 2. The molecular weight excluding hydrogens is 240 g/mol. The topological polar surface area (TPSA) is 58.3 Å². The maximum absolute atomic E-state index is 9.33. The molecule has 0 amide bonds. The van der Waals surface area contributed by atoms with Crippen LogP contribution in [0.4, 0.5) is 5.69 Å². The van der Waals surface area contributed by atoms with Gasteiger partial charge in [0.05, 0.1) is 5.69 Å². The van der Waals surface area contributed by atoms with Gasteiger partial charge in [0.2, 0.25) is 0 Å². The van der Waals surface area contributed by atoms with Gasteiger partial charge in [0.15, 0.2) is 5.11 Å². The first-order valence-corrected chi connectivity index (χ1v) is 4.34. The van der Waals surface area contributed by atoms with Gasteiger partial charge in [-0.3, -0.25) is 0 Å². The summed E-state index contributed by atoms with van der Waals surface area (Å²) >= 11 is 7.82. The van der Waals surface area contributed by atoms with Crippen molar-refractivity contribution in [3.63, 3.8) is 0 Å². The highest BCUT2D eigenvalue weighted by atomic mass is 79.9. The van der Waals surface area contributed by atoms with Gasteiger partial charge in [-0.1, -0.05) is 15.9 Å². The summed E-state index contributed by atoms with van der Waals surface area (Å²) in [6, 6.07) is 5.01. The predicted molar refractivity (Wildman–Crippen MR) is 56.2 cm³/mol. The lowest BCUT2D eigenvalue weighted by Crippen LogP contribution is -2.18. The molecule has 0 heterocycles. The average molecular weight is 247 g/mol. The third-order valence-electron chi connectivity index (χ3n) is 1.22. The Bertz CT molecular complexity index is 316. The lowest BCUT2D eigenvalue weighted by atomic mass is 10.3. The van der Waals surface area contributed by atoms with Crippen LogP contribution >= 0.6 is 28.1 Å². The number of thiocarbonyl (C=S) groups is 1. The molecule has 0 unspecified atom stereocenters. The molecule has 0 atom stereocenters. The van der Waals surface area contributed by atoms with E-state index in [0.29, 0.717) is 5.69 Å². The summed E-state index contributed by atoms with van der Waals surface area (Å²) in [5.41, 5.74) is 5.73. The van der Waals surface area contributed by atoms with E-state index < -0.39 is 0 Å². The second kappa shape index (κ2) is 3.73. The molecule has 0 aromatic heterocycles. The van der Waals surface area contributed by atoms with Gasteiger partial charge < -0.3 is 16.2 Å². The van der Waals surface area contributed by atoms with Crippen molar-refractivity contribution in [1.29, 1.82) is 0 Å². The zero-order valence-corrected chi connectivity index (χ0v) is 8.45. The number of nitrogens with two attached hydrogens (primary N) is 1. The minimum atomic E-state index is 0.108. The Morgan fingerprint density at radius 3 is 2.75 bits per heavy atom. The van der Waals surface area contributed by atoms with E-state index in [1.54, 1.807) is 18.2 Å². The van der Waals surface area contributed by atoms with Crippen LogP contribution in [-0.4, -0.2) is 10.2 Å². The number of phenolic OH excluding ortho intramolecular Hbond substituents is 1. The maximum Gasteiger partial charge on any atom is 0.168 e. The molecule has 64 valence electrons. The molecule has 0 aliphatic heterocycles. The van der Waals surface area contributed by atoms with Crippen LogP contribution in [0.5, 0.6) is 5.75 Å². The average Bonchev–Trinajstić information content (AvgIpc) is 1.94. The quantitative estimate of drug-likeness (QED) is 0.523. The van der Waals surface area contributed by atoms with Crippen LogP contribution in [0.15, 0.2) is 22.7 Å². The molecule has 0 radical (unpaired) electrons. The van der Waals surface area contributed by atoms with Crippen LogP contribution in [0.2, 0.25) is 0 Å². The second-order valence-electron chi connectivity index (χ2n) is 2.15. The lowest BCUT2D eigenvalue weighted by Gasteiger charge is -2.05. The largest absolute Gasteiger partial charge is 0.506 e. The van der Waals surface area contributed by atoms with Crippen molar-refractivity contribution >= 4 is 38.9 Å². The summed E-state index contributed by atoms with van der Waals surface area (Å²) in [5.74, 6) is 0.108. The number of phenols is 1. The Kier molecular flexibility index (Phi) is 2.88. The van der Waals surface area contributed by atoms with Crippen LogP contribution in [0.25, 0.3) is 0 Å². The number of anilines is 1. The van der Waals surface area contributed by atoms with Crippen LogP contribution in [0.3, 0.4) is 0 Å². The fourth-order valence-electron chi connectivity index (χ4n) is 0.743. The molecular formula is C7H7BrN2OS. The first-order valence-electron chi connectivity index (χ1n) is 3.14. The van der Waals surface area contributed by atoms with E-state index in [0.717, 1.165) is 4.47 Å². The van der Waals surface area contributed by atoms with Crippen molar-refractivity contribution in [2.75, 3.05) is 5.32 Å². The maximum atomic E-state index is 9.33. The molecule has 0 saturated heterocycles. The third-order valence-corrected chi connectivity index (χ3v) is 1.81. The Morgan fingerprint density at radius 1 is 1.58 bits per heavy atom. The molecule has 12 heavy (non-hydrogen) atoms. The van der Waals surface area contributed by atoms with Crippen molar-refractivity contribution < 1.29 is 5.11 Å². The van der Waals surface area contributed by atoms with Crippen LogP contribution in [0, 0.1) is 0 Å². The van der Waals surface area contributed by atoms with E-state index in [1.165, 1.54) is 0 Å². The molecule has 0 saturated carbocycles. The first kappa shape index (κ1) is 9.28. The summed E-state index contributed by atoms with van der Waals surface area (Å²) in [4.78, 5) is 0. The van der Waals surface area contributed by atoms with Crippen LogP contribution in [-0.2, 0) is 0 Å². The van der Waals surface area contributed by atoms with Crippen molar-refractivity contribution in [2.45, 2.75) is 0 Å². The van der Waals surface area contributed by atoms with E-state index in [9.17, 15) is 5.11 Å². The summed E-state index contributed by atoms with van der Waals surface area (Å²) < 4.78 is 0.800. The smallest absolute Gasteiger partial charge is 0.168 e. The molecule has 0 aliphatic rings. The van der Waals surface area contributed by atoms with Gasteiger partial charge in [0.1, 0.15) is 5.75 Å². The highest BCUT2D eigenvalue weighted by Crippen LogP contribution is 2.26. The molecule has 0 bridgehead atoms. The zero-order chi connectivity index (χ0) is 9.14. The van der Waals surface area contributed by atoms with Gasteiger partial charge in [-0.05, 0) is 30.4 Å². The van der Waals surface area contributed by atoms with Gasteiger partial charge >= 0.3 is 0 Å². The molecule has 4 N–H and O–H groups in total. The Labute approximate surface area is 83.7 Å². The Morgan fingerprint density at radius 2 is 2.25 bits per heavy atom. The minimum Gasteiger partial charge on any atom is -0.506 e. The van der Waals surface area contributed by atoms with Gasteiger partial charge in [-0.25, -0.2) is 0 Å². The highest BCUT2D eigenvalue weighted by molar-refractivity contribution is 9.10. The number of hydrogen-bond donors (Lipinski definition) is 3. The van der Waals surface area contributed by atoms with Crippen LogP contribution in [0.1, 0.15) is 0 Å². The number of benzene rings is 1. The van der Waals surface area contributed by atoms with Gasteiger partial charge in [-0.2, -0.15) is 0 Å². The number of rotatable bonds is 1. The molecule has 0 spiro atoms. The fourth-order valence-corrected chi connectivity index (χ4v) is 1.20. The van der Waals surface area contributed by atoms with E-state index >= 15 is 0 Å². The van der Waals surface area contributed by atoms with Crippen molar-refractivity contribution in [3.05, 3.63) is 22.7 Å². The van der Waals surface area contributed by atoms with E-state index in [4.69, 9.17) is 5.73 Å². The van der Waals surface area contributed by atoms with Gasteiger partial charge in [0, 0.05) is 4.47 Å². The first-order chi connectivity index (χ1) is 5.59. The number of halogens is 1. The van der Waals surface area contributed by atoms with Crippen molar-refractivity contribution in [1.82, 2.24) is 0 Å². The summed E-state index contributed by atoms with van der Waals surface area (Å²) in [7, 11) is 0. The Balaban J connectivity index is 2.93. The molecule has 1 rings (SSSR count). The molecule has 5 heteroatoms. The second-order valence-corrected chi connectivity index (χ2v) is 3.51. The molecule has 0 aliphatic carbocycles. The van der Waals surface area contributed by atoms with E-state index in [1.807, 2.05) is 0 Å².